The SMILES string of the molecule is CC(C)CN1CCC(n2ncc(I)c2N)CC1. The maximum Gasteiger partial charge on any atom is 0.135 e. The third-order valence-corrected chi connectivity index (χ3v) is 4.14. The van der Waals surface area contributed by atoms with Crippen molar-refractivity contribution >= 4 is 28.4 Å². The first-order valence-corrected chi connectivity index (χ1v) is 7.36. The van der Waals surface area contributed by atoms with Gasteiger partial charge < -0.3 is 10.6 Å². The van der Waals surface area contributed by atoms with Crippen molar-refractivity contribution in [2.24, 2.45) is 5.92 Å². The molecular formula is C12H21IN4. The van der Waals surface area contributed by atoms with Crippen LogP contribution < -0.4 is 5.73 Å². The van der Waals surface area contributed by atoms with Crippen molar-refractivity contribution in [2.45, 2.75) is 32.7 Å². The number of rotatable bonds is 3. The monoisotopic (exact) mass is 348 g/mol. The Labute approximate surface area is 117 Å². The van der Waals surface area contributed by atoms with Crippen LogP contribution in [0.15, 0.2) is 6.20 Å². The normalized spacial score (nSPS) is 19.1. The fraction of sp³-hybridized carbons (Fsp3) is 0.750. The number of hydrogen-bond acceptors (Lipinski definition) is 3. The lowest BCUT2D eigenvalue weighted by atomic mass is 10.0. The number of nitrogens with two attached hydrogens (primary N) is 1. The lowest BCUT2D eigenvalue weighted by Gasteiger charge is -2.33. The summed E-state index contributed by atoms with van der Waals surface area (Å²) in [6, 6.07) is 0.488. The molecule has 0 unspecified atom stereocenters. The molecule has 1 aromatic rings. The van der Waals surface area contributed by atoms with Crippen molar-refractivity contribution in [1.29, 1.82) is 0 Å². The summed E-state index contributed by atoms with van der Waals surface area (Å²) in [5, 5.41) is 4.39. The van der Waals surface area contributed by atoms with E-state index in [9.17, 15) is 0 Å². The molecule has 0 atom stereocenters. The van der Waals surface area contributed by atoms with Crippen LogP contribution >= 0.6 is 22.6 Å². The Morgan fingerprint density at radius 2 is 2.12 bits per heavy atom. The van der Waals surface area contributed by atoms with Crippen molar-refractivity contribution in [2.75, 3.05) is 25.4 Å². The zero-order chi connectivity index (χ0) is 12.4. The van der Waals surface area contributed by atoms with Crippen molar-refractivity contribution < 1.29 is 0 Å². The van der Waals surface area contributed by atoms with Crippen LogP contribution in [0.2, 0.25) is 0 Å². The summed E-state index contributed by atoms with van der Waals surface area (Å²) in [5.74, 6) is 1.58. The number of hydrogen-bond donors (Lipinski definition) is 1. The van der Waals surface area contributed by atoms with Crippen LogP contribution in [0, 0.1) is 9.49 Å². The highest BCUT2D eigenvalue weighted by Crippen LogP contribution is 2.26. The second-order valence-corrected chi connectivity index (χ2v) is 6.41. The van der Waals surface area contributed by atoms with E-state index in [-0.39, 0.29) is 0 Å². The third-order valence-electron chi connectivity index (χ3n) is 3.31. The molecule has 5 heteroatoms. The molecule has 1 aliphatic rings. The van der Waals surface area contributed by atoms with E-state index in [2.05, 4.69) is 46.4 Å². The van der Waals surface area contributed by atoms with Gasteiger partial charge in [-0.2, -0.15) is 5.10 Å². The smallest absolute Gasteiger partial charge is 0.135 e. The van der Waals surface area contributed by atoms with Crippen LogP contribution in [0.4, 0.5) is 5.82 Å². The summed E-state index contributed by atoms with van der Waals surface area (Å²) >= 11 is 2.24. The number of nitrogens with zero attached hydrogens (tertiary/aromatic N) is 3. The summed E-state index contributed by atoms with van der Waals surface area (Å²) in [6.07, 6.45) is 4.18. The fourth-order valence-electron chi connectivity index (χ4n) is 2.50. The minimum atomic E-state index is 0.488. The second kappa shape index (κ2) is 5.56. The lowest BCUT2D eigenvalue weighted by Crippen LogP contribution is -2.37. The first kappa shape index (κ1) is 13.1. The van der Waals surface area contributed by atoms with Crippen LogP contribution in [0.5, 0.6) is 0 Å². The molecule has 0 spiro atoms. The first-order chi connectivity index (χ1) is 8.08. The van der Waals surface area contributed by atoms with Gasteiger partial charge in [-0.25, -0.2) is 4.68 Å². The Balaban J connectivity index is 1.93. The summed E-state index contributed by atoms with van der Waals surface area (Å²) in [4.78, 5) is 2.55. The average molecular weight is 348 g/mol. The molecule has 17 heavy (non-hydrogen) atoms. The van der Waals surface area contributed by atoms with Gasteiger partial charge in [0.2, 0.25) is 0 Å². The highest BCUT2D eigenvalue weighted by molar-refractivity contribution is 14.1. The molecule has 1 saturated heterocycles. The van der Waals surface area contributed by atoms with E-state index < -0.39 is 0 Å². The van der Waals surface area contributed by atoms with E-state index in [4.69, 9.17) is 5.73 Å². The third kappa shape index (κ3) is 3.13. The predicted octanol–water partition coefficient (Wildman–Crippen LogP) is 2.36. The lowest BCUT2D eigenvalue weighted by molar-refractivity contribution is 0.165. The molecule has 2 rings (SSSR count). The highest BCUT2D eigenvalue weighted by atomic mass is 127. The van der Waals surface area contributed by atoms with Crippen molar-refractivity contribution in [3.8, 4) is 0 Å². The van der Waals surface area contributed by atoms with Gasteiger partial charge in [-0.3, -0.25) is 0 Å². The fourth-order valence-corrected chi connectivity index (χ4v) is 2.88. The molecule has 0 radical (unpaired) electrons. The molecule has 1 fully saturated rings. The van der Waals surface area contributed by atoms with Gasteiger partial charge in [0.05, 0.1) is 15.8 Å². The van der Waals surface area contributed by atoms with Crippen molar-refractivity contribution in [1.82, 2.24) is 14.7 Å². The number of aromatic nitrogens is 2. The van der Waals surface area contributed by atoms with E-state index in [0.717, 1.165) is 28.1 Å². The van der Waals surface area contributed by atoms with E-state index in [0.29, 0.717) is 6.04 Å². The molecule has 1 aliphatic heterocycles. The topological polar surface area (TPSA) is 47.1 Å². The quantitative estimate of drug-likeness (QED) is 0.854. The van der Waals surface area contributed by atoms with Crippen LogP contribution in [-0.4, -0.2) is 34.3 Å². The van der Waals surface area contributed by atoms with E-state index in [1.165, 1.54) is 19.6 Å². The zero-order valence-electron chi connectivity index (χ0n) is 10.6. The molecule has 96 valence electrons. The standard InChI is InChI=1S/C12H21IN4/c1-9(2)8-16-5-3-10(4-6-16)17-12(14)11(13)7-15-17/h7,9-10H,3-6,8,14H2,1-2H3. The van der Waals surface area contributed by atoms with Crippen LogP contribution in [-0.2, 0) is 0 Å². The van der Waals surface area contributed by atoms with Crippen molar-refractivity contribution in [3.63, 3.8) is 0 Å². The van der Waals surface area contributed by atoms with Crippen LogP contribution in [0.25, 0.3) is 0 Å². The van der Waals surface area contributed by atoms with Gasteiger partial charge in [0, 0.05) is 19.6 Å². The number of piperidine rings is 1. The minimum absolute atomic E-state index is 0.488. The minimum Gasteiger partial charge on any atom is -0.383 e. The number of halogens is 1. The summed E-state index contributed by atoms with van der Waals surface area (Å²) in [5.41, 5.74) is 6.03. The Morgan fingerprint density at radius 3 is 2.59 bits per heavy atom. The van der Waals surface area contributed by atoms with Gasteiger partial charge in [-0.1, -0.05) is 13.8 Å². The molecule has 0 saturated carbocycles. The Bertz CT molecular complexity index is 367. The van der Waals surface area contributed by atoms with Crippen LogP contribution in [0.3, 0.4) is 0 Å². The molecule has 2 N–H and O–H groups in total. The first-order valence-electron chi connectivity index (χ1n) is 6.28. The molecule has 1 aromatic heterocycles. The van der Waals surface area contributed by atoms with Gasteiger partial charge in [0.15, 0.2) is 0 Å². The van der Waals surface area contributed by atoms with E-state index in [1.54, 1.807) is 0 Å². The number of anilines is 1. The maximum absolute atomic E-state index is 6.03. The van der Waals surface area contributed by atoms with Gasteiger partial charge >= 0.3 is 0 Å². The molecule has 0 aliphatic carbocycles. The Kier molecular flexibility index (Phi) is 4.30. The molecule has 0 bridgehead atoms. The average Bonchev–Trinajstić information content (AvgIpc) is 2.60. The molecule has 4 nitrogen and oxygen atoms in total. The maximum atomic E-state index is 6.03. The Morgan fingerprint density at radius 1 is 1.47 bits per heavy atom. The van der Waals surface area contributed by atoms with Gasteiger partial charge in [-0.05, 0) is 41.4 Å². The number of likely N-dealkylation sites (tertiary alicyclic amines) is 1. The molecular weight excluding hydrogens is 327 g/mol. The predicted molar refractivity (Wildman–Crippen MR) is 78.9 cm³/mol. The molecule has 0 amide bonds. The summed E-state index contributed by atoms with van der Waals surface area (Å²) in [6.45, 7) is 8.09. The van der Waals surface area contributed by atoms with Crippen LogP contribution in [0.1, 0.15) is 32.7 Å². The largest absolute Gasteiger partial charge is 0.383 e. The Hall–Kier alpha value is -0.300. The molecule has 0 aromatic carbocycles. The van der Waals surface area contributed by atoms with Crippen molar-refractivity contribution in [3.05, 3.63) is 9.77 Å². The summed E-state index contributed by atoms with van der Waals surface area (Å²) < 4.78 is 3.07. The van der Waals surface area contributed by atoms with E-state index in [1.807, 2.05) is 10.9 Å². The zero-order valence-corrected chi connectivity index (χ0v) is 12.7. The van der Waals surface area contributed by atoms with Gasteiger partial charge in [-0.15, -0.1) is 0 Å². The molecule has 2 heterocycles. The van der Waals surface area contributed by atoms with Gasteiger partial charge in [0.25, 0.3) is 0 Å². The summed E-state index contributed by atoms with van der Waals surface area (Å²) in [7, 11) is 0. The highest BCUT2D eigenvalue weighted by Gasteiger charge is 2.23. The number of nitrogen functional groups attached to an aromatic ring is 1. The van der Waals surface area contributed by atoms with E-state index >= 15 is 0 Å². The second-order valence-electron chi connectivity index (χ2n) is 5.25. The van der Waals surface area contributed by atoms with Gasteiger partial charge in [0.1, 0.15) is 5.82 Å².